The second-order valence-corrected chi connectivity index (χ2v) is 4.25. The molecule has 1 heterocycles. The third kappa shape index (κ3) is 2.04. The smallest absolute Gasteiger partial charge is 0.270 e. The Morgan fingerprint density at radius 2 is 2.17 bits per heavy atom. The Morgan fingerprint density at radius 1 is 1.56 bits per heavy atom. The van der Waals surface area contributed by atoms with Gasteiger partial charge in [-0.1, -0.05) is 0 Å². The van der Waals surface area contributed by atoms with Crippen LogP contribution in [0.25, 0.3) is 0 Å². The van der Waals surface area contributed by atoms with Gasteiger partial charge in [-0.05, 0) is 12.5 Å². The third-order valence-corrected chi connectivity index (χ3v) is 2.83. The number of halogens is 1. The highest BCUT2D eigenvalue weighted by Gasteiger charge is 2.32. The number of carbonyl (C=O) groups is 1. The summed E-state index contributed by atoms with van der Waals surface area (Å²) in [6.45, 7) is 1.62. The summed E-state index contributed by atoms with van der Waals surface area (Å²) in [4.78, 5) is 23.1. The van der Waals surface area contributed by atoms with Gasteiger partial charge in [0.25, 0.3) is 11.6 Å². The Kier molecular flexibility index (Phi) is 3.00. The molecule has 7 heteroatoms. The van der Waals surface area contributed by atoms with Crippen LogP contribution in [0, 0.1) is 22.9 Å². The number of hydrogen-bond donors (Lipinski definition) is 1. The molecule has 1 amide bonds. The van der Waals surface area contributed by atoms with Crippen LogP contribution >= 0.6 is 0 Å². The van der Waals surface area contributed by atoms with Crippen LogP contribution in [0.3, 0.4) is 0 Å². The molecule has 0 saturated carbocycles. The van der Waals surface area contributed by atoms with Crippen molar-refractivity contribution in [3.8, 4) is 0 Å². The van der Waals surface area contributed by atoms with Gasteiger partial charge < -0.3 is 10.0 Å². The van der Waals surface area contributed by atoms with Crippen LogP contribution in [0.5, 0.6) is 0 Å². The van der Waals surface area contributed by atoms with Crippen LogP contribution in [-0.4, -0.2) is 40.0 Å². The topological polar surface area (TPSA) is 83.7 Å². The predicted molar refractivity (Wildman–Crippen MR) is 59.7 cm³/mol. The number of β-amino-alcohol motifs (C(OH)–C–C–N with tert-alkyl or cyclic N) is 1. The molecule has 18 heavy (non-hydrogen) atoms. The average molecular weight is 254 g/mol. The number of nitro groups is 1. The van der Waals surface area contributed by atoms with Gasteiger partial charge in [0.1, 0.15) is 5.82 Å². The van der Waals surface area contributed by atoms with Crippen LogP contribution < -0.4 is 0 Å². The highest BCUT2D eigenvalue weighted by Crippen LogP contribution is 2.23. The van der Waals surface area contributed by atoms with E-state index < -0.39 is 22.8 Å². The number of benzene rings is 1. The highest BCUT2D eigenvalue weighted by atomic mass is 19.1. The van der Waals surface area contributed by atoms with Gasteiger partial charge in [-0.2, -0.15) is 0 Å². The molecule has 1 aliphatic rings. The predicted octanol–water partition coefficient (Wildman–Crippen LogP) is 0.859. The maximum Gasteiger partial charge on any atom is 0.270 e. The zero-order valence-corrected chi connectivity index (χ0v) is 9.59. The molecule has 0 radical (unpaired) electrons. The van der Waals surface area contributed by atoms with Gasteiger partial charge in [-0.3, -0.25) is 14.9 Å². The second-order valence-electron chi connectivity index (χ2n) is 4.25. The molecule has 96 valence electrons. The van der Waals surface area contributed by atoms with Crippen molar-refractivity contribution >= 4 is 11.6 Å². The van der Waals surface area contributed by atoms with E-state index in [9.17, 15) is 19.3 Å². The number of likely N-dealkylation sites (tertiary alicyclic amines) is 1. The lowest BCUT2D eigenvalue weighted by Gasteiger charge is -2.35. The number of aliphatic hydroxyl groups excluding tert-OH is 1. The number of nitrogens with zero attached hydrogens (tertiary/aromatic N) is 2. The summed E-state index contributed by atoms with van der Waals surface area (Å²) >= 11 is 0. The first-order chi connectivity index (χ1) is 8.40. The number of nitro benzene ring substituents is 1. The van der Waals surface area contributed by atoms with Crippen molar-refractivity contribution < 1.29 is 19.2 Å². The van der Waals surface area contributed by atoms with E-state index in [2.05, 4.69) is 0 Å². The van der Waals surface area contributed by atoms with Gasteiger partial charge in [0.15, 0.2) is 0 Å². The molecule has 1 aromatic carbocycles. The summed E-state index contributed by atoms with van der Waals surface area (Å²) in [5.41, 5.74) is -0.597. The minimum atomic E-state index is -0.757. The Bertz CT molecular complexity index is 526. The Hall–Kier alpha value is -2.02. The van der Waals surface area contributed by atoms with Crippen molar-refractivity contribution in [1.29, 1.82) is 0 Å². The SMILES string of the molecule is Cc1cc([N+](=O)[O-])cc(C(=O)N2CC(O)C2)c1F. The fourth-order valence-electron chi connectivity index (χ4n) is 1.80. The second kappa shape index (κ2) is 4.34. The van der Waals surface area contributed by atoms with Crippen molar-refractivity contribution in [2.45, 2.75) is 13.0 Å². The molecule has 0 unspecified atom stereocenters. The standard InChI is InChI=1S/C11H11FN2O4/c1-6-2-7(14(17)18)3-9(10(6)12)11(16)13-4-8(15)5-13/h2-3,8,15H,4-5H2,1H3. The first-order valence-electron chi connectivity index (χ1n) is 5.32. The van der Waals surface area contributed by atoms with Gasteiger partial charge in [0.2, 0.25) is 0 Å². The lowest BCUT2D eigenvalue weighted by atomic mass is 10.0. The minimum Gasteiger partial charge on any atom is -0.389 e. The van der Waals surface area contributed by atoms with Crippen molar-refractivity contribution in [3.05, 3.63) is 39.2 Å². The lowest BCUT2D eigenvalue weighted by molar-refractivity contribution is -0.385. The van der Waals surface area contributed by atoms with Crippen LogP contribution in [0.15, 0.2) is 12.1 Å². The Labute approximate surface area is 102 Å². The Balaban J connectivity index is 2.37. The van der Waals surface area contributed by atoms with E-state index in [0.717, 1.165) is 12.1 Å². The first-order valence-corrected chi connectivity index (χ1v) is 5.32. The van der Waals surface area contributed by atoms with E-state index in [0.29, 0.717) is 0 Å². The molecule has 0 aliphatic carbocycles. The fourth-order valence-corrected chi connectivity index (χ4v) is 1.80. The maximum absolute atomic E-state index is 13.8. The number of non-ortho nitro benzene ring substituents is 1. The van der Waals surface area contributed by atoms with E-state index in [1.165, 1.54) is 11.8 Å². The van der Waals surface area contributed by atoms with Crippen molar-refractivity contribution in [1.82, 2.24) is 4.90 Å². The normalized spacial score (nSPS) is 15.4. The number of amides is 1. The molecule has 1 saturated heterocycles. The van der Waals surface area contributed by atoms with Gasteiger partial charge in [0.05, 0.1) is 16.6 Å². The highest BCUT2D eigenvalue weighted by molar-refractivity contribution is 5.96. The largest absolute Gasteiger partial charge is 0.389 e. The van der Waals surface area contributed by atoms with Crippen molar-refractivity contribution in [2.24, 2.45) is 0 Å². The van der Waals surface area contributed by atoms with Crippen molar-refractivity contribution in [2.75, 3.05) is 13.1 Å². The molecule has 1 aliphatic heterocycles. The molecule has 1 aromatic rings. The molecule has 0 spiro atoms. The zero-order chi connectivity index (χ0) is 13.4. The van der Waals surface area contributed by atoms with Gasteiger partial charge in [-0.25, -0.2) is 4.39 Å². The van der Waals surface area contributed by atoms with Gasteiger partial charge in [0, 0.05) is 25.2 Å². The molecular weight excluding hydrogens is 243 g/mol. The van der Waals surface area contributed by atoms with E-state index in [1.54, 1.807) is 0 Å². The molecule has 0 atom stereocenters. The monoisotopic (exact) mass is 254 g/mol. The lowest BCUT2D eigenvalue weighted by Crippen LogP contribution is -2.53. The van der Waals surface area contributed by atoms with Gasteiger partial charge in [-0.15, -0.1) is 0 Å². The molecule has 1 N–H and O–H groups in total. The number of rotatable bonds is 2. The Morgan fingerprint density at radius 3 is 2.67 bits per heavy atom. The first kappa shape index (κ1) is 12.4. The molecule has 0 bridgehead atoms. The van der Waals surface area contributed by atoms with E-state index in [4.69, 9.17) is 5.11 Å². The summed E-state index contributed by atoms with van der Waals surface area (Å²) in [5.74, 6) is -1.39. The summed E-state index contributed by atoms with van der Waals surface area (Å²) in [5, 5.41) is 19.7. The summed E-state index contributed by atoms with van der Waals surface area (Å²) in [7, 11) is 0. The van der Waals surface area contributed by atoms with E-state index in [1.807, 2.05) is 0 Å². The summed E-state index contributed by atoms with van der Waals surface area (Å²) in [6.07, 6.45) is -0.600. The number of hydrogen-bond acceptors (Lipinski definition) is 4. The third-order valence-electron chi connectivity index (χ3n) is 2.83. The fraction of sp³-hybridized carbons (Fsp3) is 0.364. The van der Waals surface area contributed by atoms with Crippen LogP contribution in [0.4, 0.5) is 10.1 Å². The van der Waals surface area contributed by atoms with Crippen molar-refractivity contribution in [3.63, 3.8) is 0 Å². The summed E-state index contributed by atoms with van der Waals surface area (Å²) < 4.78 is 13.8. The number of aliphatic hydroxyl groups is 1. The molecule has 2 rings (SSSR count). The number of aryl methyl sites for hydroxylation is 1. The van der Waals surface area contributed by atoms with E-state index >= 15 is 0 Å². The molecule has 6 nitrogen and oxygen atoms in total. The minimum absolute atomic E-state index is 0.0496. The molecular formula is C11H11FN2O4. The van der Waals surface area contributed by atoms with Crippen LogP contribution in [0.1, 0.15) is 15.9 Å². The average Bonchev–Trinajstić information content (AvgIpc) is 2.27. The van der Waals surface area contributed by atoms with Crippen LogP contribution in [-0.2, 0) is 0 Å². The van der Waals surface area contributed by atoms with Gasteiger partial charge >= 0.3 is 0 Å². The summed E-state index contributed by atoms with van der Waals surface area (Å²) in [6, 6.07) is 2.01. The molecule has 0 aromatic heterocycles. The quantitative estimate of drug-likeness (QED) is 0.626. The zero-order valence-electron chi connectivity index (χ0n) is 9.59. The maximum atomic E-state index is 13.8. The molecule has 1 fully saturated rings. The number of carbonyl (C=O) groups excluding carboxylic acids is 1. The van der Waals surface area contributed by atoms with Crippen LogP contribution in [0.2, 0.25) is 0 Å². The van der Waals surface area contributed by atoms with E-state index in [-0.39, 0.29) is 29.9 Å².